The monoisotopic (exact) mass is 242 g/mol. The van der Waals surface area contributed by atoms with Crippen molar-refractivity contribution in [2.45, 2.75) is 52.7 Å². The predicted octanol–water partition coefficient (Wildman–Crippen LogP) is 2.75. The van der Waals surface area contributed by atoms with Crippen LogP contribution in [0.25, 0.3) is 0 Å². The first-order chi connectivity index (χ1) is 6.60. The van der Waals surface area contributed by atoms with Crippen molar-refractivity contribution in [1.82, 2.24) is 0 Å². The molecule has 0 unspecified atom stereocenters. The largest absolute Gasteiger partial charge is 0.368 e. The summed E-state index contributed by atoms with van der Waals surface area (Å²) in [6.45, 7) is 6.11. The lowest BCUT2D eigenvalue weighted by Crippen LogP contribution is -2.01. The molecule has 90 valence electrons. The summed E-state index contributed by atoms with van der Waals surface area (Å²) in [5, 5.41) is 16.2. The van der Waals surface area contributed by atoms with Gasteiger partial charge < -0.3 is 10.2 Å². The molecule has 0 aromatic rings. The van der Waals surface area contributed by atoms with Gasteiger partial charge in [0, 0.05) is 0 Å². The van der Waals surface area contributed by atoms with E-state index in [1.165, 1.54) is 12.8 Å². The third kappa shape index (κ3) is 54.0. The molecule has 0 aromatic heterocycles. The molecule has 0 saturated carbocycles. The minimum atomic E-state index is -1.10. The number of aliphatic hydroxyl groups excluding tert-OH is 1. The van der Waals surface area contributed by atoms with Crippen LogP contribution in [0.5, 0.6) is 0 Å². The highest BCUT2D eigenvalue weighted by Crippen LogP contribution is 1.88. The first-order valence-corrected chi connectivity index (χ1v) is 6.44. The van der Waals surface area contributed by atoms with Gasteiger partial charge in [-0.05, 0) is 30.8 Å². The molecular weight excluding hydrogens is 216 g/mol. The molecule has 0 fully saturated rings. The number of aliphatic hydroxyl groups is 2. The molecule has 0 atom stereocenters. The Kier molecular flexibility index (Phi) is 33.6. The van der Waals surface area contributed by atoms with Crippen LogP contribution in [0.1, 0.15) is 46.5 Å². The van der Waals surface area contributed by atoms with Crippen molar-refractivity contribution in [2.24, 2.45) is 0 Å². The van der Waals surface area contributed by atoms with Gasteiger partial charge in [-0.3, -0.25) is 0 Å². The smallest absolute Gasteiger partial charge is 0.151 e. The zero-order chi connectivity index (χ0) is 11.8. The summed E-state index contributed by atoms with van der Waals surface area (Å²) < 4.78 is 0. The molecule has 0 amide bonds. The van der Waals surface area contributed by atoms with Crippen LogP contribution in [0.15, 0.2) is 0 Å². The molecule has 14 heavy (non-hydrogen) atoms. The van der Waals surface area contributed by atoms with Crippen molar-refractivity contribution in [2.75, 3.05) is 11.5 Å². The summed E-state index contributed by atoms with van der Waals surface area (Å²) in [4.78, 5) is 0. The van der Waals surface area contributed by atoms with Crippen LogP contribution in [0.3, 0.4) is 0 Å². The van der Waals surface area contributed by atoms with Gasteiger partial charge in [0.25, 0.3) is 0 Å². The summed E-state index contributed by atoms with van der Waals surface area (Å²) in [7, 11) is 0. The van der Waals surface area contributed by atoms with Gasteiger partial charge in [0.2, 0.25) is 0 Å². The maximum Gasteiger partial charge on any atom is 0.151 e. The lowest BCUT2D eigenvalue weighted by Gasteiger charge is -1.94. The van der Waals surface area contributed by atoms with Gasteiger partial charge in [0.05, 0.1) is 0 Å². The van der Waals surface area contributed by atoms with Crippen LogP contribution >= 0.6 is 25.3 Å². The van der Waals surface area contributed by atoms with Crippen LogP contribution in [-0.2, 0) is 0 Å². The van der Waals surface area contributed by atoms with Crippen LogP contribution in [0.2, 0.25) is 0 Å². The second-order valence-corrected chi connectivity index (χ2v) is 3.61. The third-order valence-electron chi connectivity index (χ3n) is 0.994. The van der Waals surface area contributed by atoms with Crippen LogP contribution in [0, 0.1) is 0 Å². The zero-order valence-electron chi connectivity index (χ0n) is 9.61. The van der Waals surface area contributed by atoms with Gasteiger partial charge in [-0.2, -0.15) is 25.3 Å². The van der Waals surface area contributed by atoms with Gasteiger partial charge in [-0.1, -0.05) is 27.2 Å². The second-order valence-electron chi connectivity index (χ2n) is 2.72. The third-order valence-corrected chi connectivity index (χ3v) is 1.89. The van der Waals surface area contributed by atoms with E-state index < -0.39 is 6.29 Å². The Morgan fingerprint density at radius 2 is 1.14 bits per heavy atom. The van der Waals surface area contributed by atoms with E-state index in [1.807, 2.05) is 6.92 Å². The molecule has 0 aromatic carbocycles. The lowest BCUT2D eigenvalue weighted by molar-refractivity contribution is -0.0453. The Morgan fingerprint density at radius 1 is 0.857 bits per heavy atom. The summed E-state index contributed by atoms with van der Waals surface area (Å²) in [5.41, 5.74) is 0. The van der Waals surface area contributed by atoms with Crippen LogP contribution in [-0.4, -0.2) is 28.0 Å². The van der Waals surface area contributed by atoms with Gasteiger partial charge in [-0.25, -0.2) is 0 Å². The average Bonchev–Trinajstić information content (AvgIpc) is 2.18. The SMILES string of the molecule is CCCC(O)O.CCCS.CCCS. The normalized spacial score (nSPS) is 8.57. The second kappa shape index (κ2) is 23.4. The van der Waals surface area contributed by atoms with Gasteiger partial charge in [0.15, 0.2) is 6.29 Å². The molecule has 2 nitrogen and oxygen atoms in total. The van der Waals surface area contributed by atoms with Crippen molar-refractivity contribution >= 4 is 25.3 Å². The van der Waals surface area contributed by atoms with E-state index in [4.69, 9.17) is 10.2 Å². The molecular formula is C10H26O2S2. The molecule has 0 aliphatic carbocycles. The van der Waals surface area contributed by atoms with E-state index in [9.17, 15) is 0 Å². The fourth-order valence-electron chi connectivity index (χ4n) is 0.258. The van der Waals surface area contributed by atoms with Crippen LogP contribution in [0.4, 0.5) is 0 Å². The minimum absolute atomic E-state index is 0.486. The molecule has 0 radical (unpaired) electrons. The molecule has 0 aliphatic heterocycles. The Bertz CT molecular complexity index is 63.1. The van der Waals surface area contributed by atoms with Crippen molar-refractivity contribution in [3.8, 4) is 0 Å². The average molecular weight is 242 g/mol. The highest BCUT2D eigenvalue weighted by atomic mass is 32.1. The lowest BCUT2D eigenvalue weighted by atomic mass is 10.3. The topological polar surface area (TPSA) is 40.5 Å². The number of rotatable bonds is 4. The highest BCUT2D eigenvalue weighted by Gasteiger charge is 1.89. The van der Waals surface area contributed by atoms with E-state index in [2.05, 4.69) is 39.1 Å². The van der Waals surface area contributed by atoms with Crippen molar-refractivity contribution in [1.29, 1.82) is 0 Å². The summed E-state index contributed by atoms with van der Waals surface area (Å²) in [6, 6.07) is 0. The van der Waals surface area contributed by atoms with Crippen molar-refractivity contribution < 1.29 is 10.2 Å². The fourth-order valence-corrected chi connectivity index (χ4v) is 0.258. The molecule has 4 heteroatoms. The fraction of sp³-hybridized carbons (Fsp3) is 1.00. The molecule has 0 rings (SSSR count). The number of hydrogen-bond acceptors (Lipinski definition) is 4. The quantitative estimate of drug-likeness (QED) is 0.452. The number of hydrogen-bond donors (Lipinski definition) is 4. The Balaban J connectivity index is -0.000000135. The Labute approximate surface area is 99.9 Å². The molecule has 0 saturated heterocycles. The summed E-state index contributed by atoms with van der Waals surface area (Å²) in [5.74, 6) is 2.03. The maximum absolute atomic E-state index is 8.11. The van der Waals surface area contributed by atoms with Crippen molar-refractivity contribution in [3.05, 3.63) is 0 Å². The zero-order valence-corrected chi connectivity index (χ0v) is 11.4. The minimum Gasteiger partial charge on any atom is -0.368 e. The van der Waals surface area contributed by atoms with Crippen molar-refractivity contribution in [3.63, 3.8) is 0 Å². The van der Waals surface area contributed by atoms with E-state index in [0.717, 1.165) is 17.9 Å². The van der Waals surface area contributed by atoms with Crippen LogP contribution < -0.4 is 0 Å². The van der Waals surface area contributed by atoms with E-state index in [1.54, 1.807) is 0 Å². The van der Waals surface area contributed by atoms with E-state index in [0.29, 0.717) is 6.42 Å². The number of thiol groups is 2. The first kappa shape index (κ1) is 20.1. The molecule has 0 spiro atoms. The Hall–Kier alpha value is 0.620. The Morgan fingerprint density at radius 3 is 1.14 bits per heavy atom. The maximum atomic E-state index is 8.11. The summed E-state index contributed by atoms with van der Waals surface area (Å²) in [6.07, 6.45) is 2.58. The molecule has 0 bridgehead atoms. The predicted molar refractivity (Wildman–Crippen MR) is 71.4 cm³/mol. The molecule has 2 N–H and O–H groups in total. The van der Waals surface area contributed by atoms with E-state index >= 15 is 0 Å². The molecule has 0 aliphatic rings. The van der Waals surface area contributed by atoms with Gasteiger partial charge >= 0.3 is 0 Å². The standard InChI is InChI=1S/C4H10O2.2C3H8S/c1-2-3-4(5)6;2*1-2-3-4/h4-6H,2-3H2,1H3;2*4H,2-3H2,1H3. The van der Waals surface area contributed by atoms with Gasteiger partial charge in [0.1, 0.15) is 0 Å². The summed E-state index contributed by atoms with van der Waals surface area (Å²) >= 11 is 7.84. The van der Waals surface area contributed by atoms with E-state index in [-0.39, 0.29) is 0 Å². The van der Waals surface area contributed by atoms with Gasteiger partial charge in [-0.15, -0.1) is 0 Å². The molecule has 0 heterocycles. The first-order valence-electron chi connectivity index (χ1n) is 5.18. The highest BCUT2D eigenvalue weighted by molar-refractivity contribution is 7.80.